The Balaban J connectivity index is 1.97. The fraction of sp³-hybridized carbons (Fsp3) is 0.188. The molecule has 2 amide bonds. The molecule has 0 atom stereocenters. The molecule has 110 valence electrons. The molecule has 0 unspecified atom stereocenters. The quantitative estimate of drug-likeness (QED) is 0.897. The Labute approximate surface area is 129 Å². The lowest BCUT2D eigenvalue weighted by atomic mass is 10.2. The van der Waals surface area contributed by atoms with Crippen LogP contribution in [0.5, 0.6) is 5.75 Å². The van der Waals surface area contributed by atoms with Crippen molar-refractivity contribution in [2.24, 2.45) is 0 Å². The number of nitrogens with one attached hydrogen (secondary N) is 2. The molecule has 0 fully saturated rings. The number of benzene rings is 2. The third-order valence-electron chi connectivity index (χ3n) is 3.08. The highest BCUT2D eigenvalue weighted by Crippen LogP contribution is 2.20. The second kappa shape index (κ2) is 6.99. The van der Waals surface area contributed by atoms with Gasteiger partial charge in [-0.15, -0.1) is 0 Å². The minimum atomic E-state index is -0.286. The lowest BCUT2D eigenvalue weighted by Crippen LogP contribution is -2.28. The Morgan fingerprint density at radius 3 is 2.76 bits per heavy atom. The molecule has 0 aromatic heterocycles. The molecule has 0 aliphatic heterocycles. The van der Waals surface area contributed by atoms with E-state index in [1.807, 2.05) is 37.3 Å². The fourth-order valence-electron chi connectivity index (χ4n) is 1.92. The number of ether oxygens (including phenoxy) is 1. The van der Waals surface area contributed by atoms with Gasteiger partial charge in [0.05, 0.1) is 7.11 Å². The molecular weight excluding hydrogens is 288 g/mol. The van der Waals surface area contributed by atoms with E-state index >= 15 is 0 Å². The van der Waals surface area contributed by atoms with E-state index in [0.29, 0.717) is 17.3 Å². The molecule has 0 radical (unpaired) electrons. The van der Waals surface area contributed by atoms with Crippen LogP contribution in [0.25, 0.3) is 0 Å². The van der Waals surface area contributed by atoms with E-state index in [-0.39, 0.29) is 6.03 Å². The summed E-state index contributed by atoms with van der Waals surface area (Å²) in [6.45, 7) is 2.29. The largest absolute Gasteiger partial charge is 0.496 e. The maximum absolute atomic E-state index is 11.9. The summed E-state index contributed by atoms with van der Waals surface area (Å²) in [7, 11) is 1.61. The van der Waals surface area contributed by atoms with Crippen molar-refractivity contribution < 1.29 is 9.53 Å². The van der Waals surface area contributed by atoms with Crippen LogP contribution in [0.15, 0.2) is 42.5 Å². The number of aryl methyl sites for hydroxylation is 1. The van der Waals surface area contributed by atoms with Gasteiger partial charge in [0.1, 0.15) is 5.75 Å². The van der Waals surface area contributed by atoms with Crippen molar-refractivity contribution in [3.63, 3.8) is 0 Å². The lowest BCUT2D eigenvalue weighted by molar-refractivity contribution is 0.251. The van der Waals surface area contributed by atoms with Gasteiger partial charge in [-0.05, 0) is 30.7 Å². The first kappa shape index (κ1) is 15.2. The van der Waals surface area contributed by atoms with Crippen molar-refractivity contribution in [3.05, 3.63) is 58.6 Å². The van der Waals surface area contributed by atoms with Gasteiger partial charge in [0.2, 0.25) is 0 Å². The third-order valence-corrected chi connectivity index (χ3v) is 3.31. The number of amides is 2. The number of methoxy groups -OCH3 is 1. The zero-order valence-electron chi connectivity index (χ0n) is 11.9. The van der Waals surface area contributed by atoms with Gasteiger partial charge in [-0.25, -0.2) is 4.79 Å². The number of halogens is 1. The number of anilines is 1. The second-order valence-electron chi connectivity index (χ2n) is 4.58. The Kier molecular flexibility index (Phi) is 5.06. The van der Waals surface area contributed by atoms with Crippen LogP contribution in [0.1, 0.15) is 11.1 Å². The molecule has 0 aliphatic rings. The molecule has 0 heterocycles. The number of hydrogen-bond donors (Lipinski definition) is 2. The fourth-order valence-corrected chi connectivity index (χ4v) is 2.09. The first-order chi connectivity index (χ1) is 10.1. The van der Waals surface area contributed by atoms with E-state index in [1.54, 1.807) is 19.2 Å². The van der Waals surface area contributed by atoms with Crippen molar-refractivity contribution in [1.29, 1.82) is 0 Å². The van der Waals surface area contributed by atoms with E-state index in [2.05, 4.69) is 10.6 Å². The average molecular weight is 305 g/mol. The molecule has 2 N–H and O–H groups in total. The standard InChI is InChI=1S/C16H17ClN2O2/c1-11-7-8-13(17)9-14(11)19-16(20)18-10-12-5-3-4-6-15(12)21-2/h3-9H,10H2,1-2H3,(H2,18,19,20). The molecule has 4 nitrogen and oxygen atoms in total. The number of urea groups is 1. The van der Waals surface area contributed by atoms with Gasteiger partial charge < -0.3 is 15.4 Å². The van der Waals surface area contributed by atoms with Gasteiger partial charge >= 0.3 is 6.03 Å². The van der Waals surface area contributed by atoms with Gasteiger partial charge in [-0.3, -0.25) is 0 Å². The number of rotatable bonds is 4. The van der Waals surface area contributed by atoms with Crippen molar-refractivity contribution in [2.45, 2.75) is 13.5 Å². The average Bonchev–Trinajstić information content (AvgIpc) is 2.49. The summed E-state index contributed by atoms with van der Waals surface area (Å²) in [6, 6.07) is 12.6. The maximum atomic E-state index is 11.9. The second-order valence-corrected chi connectivity index (χ2v) is 5.02. The number of carbonyl (C=O) groups excluding carboxylic acids is 1. The minimum absolute atomic E-state index is 0.286. The highest BCUT2D eigenvalue weighted by molar-refractivity contribution is 6.31. The first-order valence-corrected chi connectivity index (χ1v) is 6.91. The van der Waals surface area contributed by atoms with Crippen LogP contribution >= 0.6 is 11.6 Å². The summed E-state index contributed by atoms with van der Waals surface area (Å²) in [6.07, 6.45) is 0. The smallest absolute Gasteiger partial charge is 0.319 e. The van der Waals surface area contributed by atoms with Gasteiger partial charge in [-0.2, -0.15) is 0 Å². The van der Waals surface area contributed by atoms with Gasteiger partial charge in [0, 0.05) is 22.8 Å². The zero-order valence-corrected chi connectivity index (χ0v) is 12.7. The van der Waals surface area contributed by atoms with Crippen LogP contribution in [-0.2, 0) is 6.54 Å². The monoisotopic (exact) mass is 304 g/mol. The first-order valence-electron chi connectivity index (χ1n) is 6.53. The molecule has 21 heavy (non-hydrogen) atoms. The molecule has 0 spiro atoms. The number of carbonyl (C=O) groups is 1. The third kappa shape index (κ3) is 4.13. The van der Waals surface area contributed by atoms with Crippen LogP contribution in [0.2, 0.25) is 5.02 Å². The highest BCUT2D eigenvalue weighted by atomic mass is 35.5. The SMILES string of the molecule is COc1ccccc1CNC(=O)Nc1cc(Cl)ccc1C. The zero-order chi connectivity index (χ0) is 15.2. The number of hydrogen-bond acceptors (Lipinski definition) is 2. The van der Waals surface area contributed by atoms with E-state index in [9.17, 15) is 4.79 Å². The van der Waals surface area contributed by atoms with E-state index in [0.717, 1.165) is 16.9 Å². The van der Waals surface area contributed by atoms with E-state index in [1.165, 1.54) is 0 Å². The molecule has 2 rings (SSSR count). The van der Waals surface area contributed by atoms with E-state index in [4.69, 9.17) is 16.3 Å². The van der Waals surface area contributed by atoms with Crippen molar-refractivity contribution in [1.82, 2.24) is 5.32 Å². The van der Waals surface area contributed by atoms with Crippen LogP contribution in [-0.4, -0.2) is 13.1 Å². The minimum Gasteiger partial charge on any atom is -0.496 e. The molecule has 0 saturated heterocycles. The highest BCUT2D eigenvalue weighted by Gasteiger charge is 2.07. The Bertz CT molecular complexity index is 644. The normalized spacial score (nSPS) is 10.0. The van der Waals surface area contributed by atoms with Crippen molar-refractivity contribution in [3.8, 4) is 5.75 Å². The van der Waals surface area contributed by atoms with Gasteiger partial charge in [0.15, 0.2) is 0 Å². The molecule has 0 saturated carbocycles. The number of para-hydroxylation sites is 1. The Morgan fingerprint density at radius 2 is 2.00 bits per heavy atom. The van der Waals surface area contributed by atoms with E-state index < -0.39 is 0 Å². The predicted octanol–water partition coefficient (Wildman–Crippen LogP) is 3.98. The summed E-state index contributed by atoms with van der Waals surface area (Å²) in [5.41, 5.74) is 2.56. The predicted molar refractivity (Wildman–Crippen MR) is 85.0 cm³/mol. The summed E-state index contributed by atoms with van der Waals surface area (Å²) in [5, 5.41) is 6.16. The molecule has 2 aromatic rings. The van der Waals surface area contributed by atoms with Gasteiger partial charge in [-0.1, -0.05) is 35.9 Å². The van der Waals surface area contributed by atoms with Crippen LogP contribution < -0.4 is 15.4 Å². The van der Waals surface area contributed by atoms with Crippen LogP contribution in [0.3, 0.4) is 0 Å². The van der Waals surface area contributed by atoms with Crippen molar-refractivity contribution in [2.75, 3.05) is 12.4 Å². The summed E-state index contributed by atoms with van der Waals surface area (Å²) >= 11 is 5.92. The maximum Gasteiger partial charge on any atom is 0.319 e. The van der Waals surface area contributed by atoms with Crippen molar-refractivity contribution >= 4 is 23.3 Å². The molecule has 5 heteroatoms. The molecular formula is C16H17ClN2O2. The van der Waals surface area contributed by atoms with Gasteiger partial charge in [0.25, 0.3) is 0 Å². The summed E-state index contributed by atoms with van der Waals surface area (Å²) in [4.78, 5) is 11.9. The molecule has 0 bridgehead atoms. The molecule has 0 aliphatic carbocycles. The molecule has 2 aromatic carbocycles. The summed E-state index contributed by atoms with van der Waals surface area (Å²) < 4.78 is 5.24. The lowest BCUT2D eigenvalue weighted by Gasteiger charge is -2.12. The Hall–Kier alpha value is -2.20. The summed E-state index contributed by atoms with van der Waals surface area (Å²) in [5.74, 6) is 0.747. The van der Waals surface area contributed by atoms with Crippen LogP contribution in [0.4, 0.5) is 10.5 Å². The topological polar surface area (TPSA) is 50.4 Å². The van der Waals surface area contributed by atoms with Crippen LogP contribution in [0, 0.1) is 6.92 Å². The Morgan fingerprint density at radius 1 is 1.24 bits per heavy atom.